The Morgan fingerprint density at radius 3 is 3.14 bits per heavy atom. The number of amides is 1. The molecule has 1 N–H and O–H groups in total. The van der Waals surface area contributed by atoms with Gasteiger partial charge in [-0.1, -0.05) is 6.07 Å². The lowest BCUT2D eigenvalue weighted by Crippen LogP contribution is -2.27. The van der Waals surface area contributed by atoms with Crippen LogP contribution in [0.5, 0.6) is 5.88 Å². The molecule has 1 aliphatic heterocycles. The van der Waals surface area contributed by atoms with Gasteiger partial charge in [0.1, 0.15) is 11.7 Å². The topological polar surface area (TPSA) is 51.2 Å². The van der Waals surface area contributed by atoms with Crippen LogP contribution in [0.3, 0.4) is 0 Å². The van der Waals surface area contributed by atoms with E-state index in [1.54, 1.807) is 29.7 Å². The number of hydrogen-bond donors (Lipinski definition) is 1. The van der Waals surface area contributed by atoms with Crippen LogP contribution in [0.25, 0.3) is 0 Å². The first kappa shape index (κ1) is 15.4. The van der Waals surface area contributed by atoms with Gasteiger partial charge in [0.2, 0.25) is 5.88 Å². The minimum absolute atomic E-state index is 0.120. The average molecular weight is 334 g/mol. The summed E-state index contributed by atoms with van der Waals surface area (Å²) in [6.07, 6.45) is 3.69. The Bertz CT molecular complexity index is 610. The van der Waals surface area contributed by atoms with Gasteiger partial charge in [0, 0.05) is 23.4 Å². The second-order valence-corrected chi connectivity index (χ2v) is 7.23. The van der Waals surface area contributed by atoms with Gasteiger partial charge in [0.25, 0.3) is 5.91 Å². The molecule has 0 aromatic carbocycles. The predicted octanol–water partition coefficient (Wildman–Crippen LogP) is 3.00. The summed E-state index contributed by atoms with van der Waals surface area (Å²) >= 11 is 3.58. The summed E-state index contributed by atoms with van der Waals surface area (Å²) in [4.78, 5) is 17.8. The molecule has 0 bridgehead atoms. The summed E-state index contributed by atoms with van der Waals surface area (Å²) in [6.45, 7) is 0.618. The lowest BCUT2D eigenvalue weighted by molar-refractivity contribution is 0.0946. The van der Waals surface area contributed by atoms with E-state index in [2.05, 4.69) is 16.4 Å². The molecule has 4 nitrogen and oxygen atoms in total. The molecule has 116 valence electrons. The lowest BCUT2D eigenvalue weighted by Gasteiger charge is -2.14. The molecule has 2 aromatic heterocycles. The van der Waals surface area contributed by atoms with Gasteiger partial charge in [0.05, 0.1) is 0 Å². The number of nitrogens with one attached hydrogen (secondary N) is 1. The average Bonchev–Trinajstić information content (AvgIpc) is 3.21. The highest BCUT2D eigenvalue weighted by atomic mass is 32.2. The number of thioether (sulfide) groups is 1. The van der Waals surface area contributed by atoms with Crippen molar-refractivity contribution < 1.29 is 9.53 Å². The number of hydrogen-bond acceptors (Lipinski definition) is 5. The highest BCUT2D eigenvalue weighted by Gasteiger charge is 2.21. The number of thiophene rings is 1. The van der Waals surface area contributed by atoms with E-state index in [0.717, 1.165) is 24.3 Å². The van der Waals surface area contributed by atoms with Crippen LogP contribution in [0.2, 0.25) is 0 Å². The van der Waals surface area contributed by atoms with Crippen molar-refractivity contribution in [2.24, 2.45) is 0 Å². The van der Waals surface area contributed by atoms with Crippen LogP contribution in [0.15, 0.2) is 35.8 Å². The van der Waals surface area contributed by atoms with E-state index in [-0.39, 0.29) is 12.0 Å². The first-order valence-corrected chi connectivity index (χ1v) is 9.36. The molecule has 1 amide bonds. The van der Waals surface area contributed by atoms with Gasteiger partial charge in [-0.3, -0.25) is 4.79 Å². The highest BCUT2D eigenvalue weighted by Crippen LogP contribution is 2.24. The molecule has 0 radical (unpaired) electrons. The van der Waals surface area contributed by atoms with E-state index in [0.29, 0.717) is 18.0 Å². The van der Waals surface area contributed by atoms with Crippen LogP contribution >= 0.6 is 23.1 Å². The minimum atomic E-state index is -0.120. The van der Waals surface area contributed by atoms with Gasteiger partial charge in [-0.25, -0.2) is 4.98 Å². The van der Waals surface area contributed by atoms with E-state index in [1.165, 1.54) is 4.88 Å². The van der Waals surface area contributed by atoms with Crippen molar-refractivity contribution in [3.8, 4) is 5.88 Å². The highest BCUT2D eigenvalue weighted by molar-refractivity contribution is 7.99. The number of pyridine rings is 1. The van der Waals surface area contributed by atoms with Gasteiger partial charge in [-0.15, -0.1) is 11.3 Å². The van der Waals surface area contributed by atoms with Crippen molar-refractivity contribution in [1.82, 2.24) is 10.3 Å². The van der Waals surface area contributed by atoms with E-state index < -0.39 is 0 Å². The molecular weight excluding hydrogens is 316 g/mol. The number of rotatable bonds is 6. The zero-order valence-electron chi connectivity index (χ0n) is 12.2. The van der Waals surface area contributed by atoms with Crippen LogP contribution in [-0.2, 0) is 6.42 Å². The normalized spacial score (nSPS) is 17.4. The third-order valence-electron chi connectivity index (χ3n) is 3.42. The number of carbonyl (C=O) groups excluding carboxylic acids is 1. The summed E-state index contributed by atoms with van der Waals surface area (Å²) in [5.74, 6) is 2.41. The Balaban J connectivity index is 1.59. The maximum Gasteiger partial charge on any atom is 0.256 e. The van der Waals surface area contributed by atoms with Crippen molar-refractivity contribution in [1.29, 1.82) is 0 Å². The fourth-order valence-electron chi connectivity index (χ4n) is 2.27. The Hall–Kier alpha value is -1.53. The second-order valence-electron chi connectivity index (χ2n) is 5.04. The van der Waals surface area contributed by atoms with Gasteiger partial charge in [-0.2, -0.15) is 11.8 Å². The third kappa shape index (κ3) is 4.01. The molecule has 3 heterocycles. The van der Waals surface area contributed by atoms with Crippen molar-refractivity contribution in [3.63, 3.8) is 0 Å². The SMILES string of the molecule is O=C(NCCc1cccs1)c1cccnc1OC1CCSC1. The van der Waals surface area contributed by atoms with E-state index in [1.807, 2.05) is 23.2 Å². The van der Waals surface area contributed by atoms with Gasteiger partial charge in [0.15, 0.2) is 0 Å². The zero-order chi connectivity index (χ0) is 15.2. The molecule has 3 rings (SSSR count). The quantitative estimate of drug-likeness (QED) is 0.882. The number of aromatic nitrogens is 1. The summed E-state index contributed by atoms with van der Waals surface area (Å²) in [5, 5.41) is 4.99. The standard InChI is InChI=1S/C16H18N2O2S2/c19-15(17-8-5-13-3-2-9-22-13)14-4-1-7-18-16(14)20-12-6-10-21-11-12/h1-4,7,9,12H,5-6,8,10-11H2,(H,17,19). The smallest absolute Gasteiger partial charge is 0.256 e. The van der Waals surface area contributed by atoms with Crippen molar-refractivity contribution in [3.05, 3.63) is 46.3 Å². The van der Waals surface area contributed by atoms with Crippen molar-refractivity contribution >= 4 is 29.0 Å². The van der Waals surface area contributed by atoms with E-state index >= 15 is 0 Å². The molecule has 1 aliphatic rings. The monoisotopic (exact) mass is 334 g/mol. The van der Waals surface area contributed by atoms with Crippen LogP contribution < -0.4 is 10.1 Å². The van der Waals surface area contributed by atoms with E-state index in [4.69, 9.17) is 4.74 Å². The fourth-order valence-corrected chi connectivity index (χ4v) is 4.07. The zero-order valence-corrected chi connectivity index (χ0v) is 13.8. The van der Waals surface area contributed by atoms with E-state index in [9.17, 15) is 4.79 Å². The Kier molecular flexibility index (Phi) is 5.34. The van der Waals surface area contributed by atoms with Crippen LogP contribution in [0, 0.1) is 0 Å². The Morgan fingerprint density at radius 1 is 1.41 bits per heavy atom. The molecule has 1 fully saturated rings. The second kappa shape index (κ2) is 7.65. The van der Waals surface area contributed by atoms with Crippen molar-refractivity contribution in [2.45, 2.75) is 18.9 Å². The number of carbonyl (C=O) groups is 1. The summed E-state index contributed by atoms with van der Waals surface area (Å²) < 4.78 is 5.89. The minimum Gasteiger partial charge on any atom is -0.473 e. The molecule has 1 atom stereocenters. The molecule has 1 unspecified atom stereocenters. The third-order valence-corrected chi connectivity index (χ3v) is 5.49. The lowest BCUT2D eigenvalue weighted by atomic mass is 10.2. The van der Waals surface area contributed by atoms with Crippen LogP contribution in [0.1, 0.15) is 21.7 Å². The number of nitrogens with zero attached hydrogens (tertiary/aromatic N) is 1. The molecule has 1 saturated heterocycles. The maximum absolute atomic E-state index is 12.3. The van der Waals surface area contributed by atoms with Gasteiger partial charge in [-0.05, 0) is 42.2 Å². The Labute approximate surface area is 138 Å². The summed E-state index contributed by atoms with van der Waals surface area (Å²) in [7, 11) is 0. The molecular formula is C16H18N2O2S2. The fraction of sp³-hybridized carbons (Fsp3) is 0.375. The summed E-state index contributed by atoms with van der Waals surface area (Å²) in [5.41, 5.74) is 0.519. The first-order valence-electron chi connectivity index (χ1n) is 7.33. The maximum atomic E-state index is 12.3. The molecule has 2 aromatic rings. The number of ether oxygens (including phenoxy) is 1. The van der Waals surface area contributed by atoms with Crippen LogP contribution in [0.4, 0.5) is 0 Å². The van der Waals surface area contributed by atoms with Gasteiger partial charge < -0.3 is 10.1 Å². The molecule has 0 saturated carbocycles. The Morgan fingerprint density at radius 2 is 2.36 bits per heavy atom. The first-order chi connectivity index (χ1) is 10.8. The predicted molar refractivity (Wildman–Crippen MR) is 91.0 cm³/mol. The van der Waals surface area contributed by atoms with Crippen molar-refractivity contribution in [2.75, 3.05) is 18.1 Å². The molecule has 0 aliphatic carbocycles. The molecule has 6 heteroatoms. The molecule has 22 heavy (non-hydrogen) atoms. The van der Waals surface area contributed by atoms with Gasteiger partial charge >= 0.3 is 0 Å². The largest absolute Gasteiger partial charge is 0.473 e. The van der Waals surface area contributed by atoms with Crippen LogP contribution in [-0.4, -0.2) is 35.0 Å². The summed E-state index contributed by atoms with van der Waals surface area (Å²) in [6, 6.07) is 7.64. The molecule has 0 spiro atoms.